The summed E-state index contributed by atoms with van der Waals surface area (Å²) in [4.78, 5) is 18.4. The molecule has 0 atom stereocenters. The Bertz CT molecular complexity index is 2370. The second kappa shape index (κ2) is 13.2. The van der Waals surface area contributed by atoms with Crippen LogP contribution in [0.1, 0.15) is 62.4 Å². The van der Waals surface area contributed by atoms with E-state index >= 15 is 0 Å². The summed E-state index contributed by atoms with van der Waals surface area (Å²) in [6.07, 6.45) is 5.67. The number of nitrogens with zero attached hydrogens (tertiary/aromatic N) is 3. The average Bonchev–Trinajstić information content (AvgIpc) is 3.78. The van der Waals surface area contributed by atoms with Crippen LogP contribution in [-0.4, -0.2) is 15.0 Å². The van der Waals surface area contributed by atoms with E-state index in [9.17, 15) is 0 Å². The van der Waals surface area contributed by atoms with Crippen molar-refractivity contribution in [2.75, 3.05) is 0 Å². The summed E-state index contributed by atoms with van der Waals surface area (Å²) in [5.74, 6) is 1.43. The van der Waals surface area contributed by atoms with Crippen LogP contribution in [0.3, 0.4) is 0 Å². The van der Waals surface area contributed by atoms with Crippen LogP contribution in [0.15, 0.2) is 55.0 Å². The Hall–Kier alpha value is -3.00. The minimum atomic E-state index is 0. The first-order chi connectivity index (χ1) is 23.3. The Morgan fingerprint density at radius 3 is 1.76 bits per heavy atom. The van der Waals surface area contributed by atoms with Crippen LogP contribution in [0.2, 0.25) is 0 Å². The van der Waals surface area contributed by atoms with Crippen molar-refractivity contribution in [3.05, 3.63) is 88.0 Å². The van der Waals surface area contributed by atoms with Gasteiger partial charge in [-0.1, -0.05) is 99.2 Å². The molecule has 0 aliphatic heterocycles. The van der Waals surface area contributed by atoms with Gasteiger partial charge in [-0.3, -0.25) is 4.98 Å². The Morgan fingerprint density at radius 2 is 1.16 bits per heavy atom. The summed E-state index contributed by atoms with van der Waals surface area (Å²) < 4.78 is 11.4. The van der Waals surface area contributed by atoms with E-state index in [4.69, 9.17) is 19.7 Å². The molecule has 0 unspecified atom stereocenters. The van der Waals surface area contributed by atoms with Crippen molar-refractivity contribution in [2.24, 2.45) is 10.8 Å². The molecule has 4 nitrogen and oxygen atoms in total. The molecule has 6 heterocycles. The van der Waals surface area contributed by atoms with Crippen LogP contribution in [0.25, 0.3) is 61.6 Å². The van der Waals surface area contributed by atoms with Crippen LogP contribution in [0.5, 0.6) is 11.5 Å². The molecule has 8 rings (SSSR count). The third-order valence-corrected chi connectivity index (χ3v) is 12.8. The first-order valence-corrected chi connectivity index (χ1v) is 19.8. The molecule has 0 bridgehead atoms. The molecule has 9 heteroatoms. The van der Waals surface area contributed by atoms with Gasteiger partial charge in [0.25, 0.3) is 0 Å². The minimum absolute atomic E-state index is 0. The fraction of sp³-hybridized carbons (Fsp3) is 0.293. The van der Waals surface area contributed by atoms with Gasteiger partial charge in [-0.2, -0.15) is 0 Å². The second-order valence-corrected chi connectivity index (χ2v) is 19.8. The van der Waals surface area contributed by atoms with Gasteiger partial charge in [0.15, 0.2) is 0 Å². The normalized spacial score (nSPS) is 12.4. The third-order valence-electron chi connectivity index (χ3n) is 8.48. The molecule has 0 amide bonds. The minimum Gasteiger partial charge on any atom is -0.507 e. The van der Waals surface area contributed by atoms with Gasteiger partial charge >= 0.3 is 21.1 Å². The predicted octanol–water partition coefficient (Wildman–Crippen LogP) is 13.2. The van der Waals surface area contributed by atoms with E-state index in [1.807, 2.05) is 17.5 Å². The molecular weight excluding hydrogens is 874 g/mol. The van der Waals surface area contributed by atoms with E-state index in [0.29, 0.717) is 5.75 Å². The Morgan fingerprint density at radius 1 is 0.620 bits per heavy atom. The molecule has 0 fully saturated rings. The molecule has 0 aliphatic carbocycles. The van der Waals surface area contributed by atoms with Gasteiger partial charge in [-0.15, -0.1) is 34.8 Å². The number of thiophene rings is 4. The third kappa shape index (κ3) is 6.82. The zero-order chi connectivity index (χ0) is 34.2. The summed E-state index contributed by atoms with van der Waals surface area (Å²) >= 11 is 6.91. The second-order valence-electron chi connectivity index (χ2n) is 15.3. The number of rotatable bonds is 6. The molecule has 0 radical (unpaired) electrons. The molecule has 0 N–H and O–H groups in total. The molecule has 0 saturated carbocycles. The molecule has 0 spiro atoms. The van der Waals surface area contributed by atoms with Crippen LogP contribution in [-0.2, 0) is 33.9 Å². The fourth-order valence-electron chi connectivity index (χ4n) is 6.48. The van der Waals surface area contributed by atoms with Crippen molar-refractivity contribution in [3.8, 4) is 32.6 Å². The van der Waals surface area contributed by atoms with E-state index in [1.165, 1.54) is 41.4 Å². The van der Waals surface area contributed by atoms with E-state index in [1.54, 1.807) is 40.3 Å². The molecule has 8 aromatic rings. The number of aromatic nitrogens is 3. The smallest absolute Gasteiger partial charge is 0.507 e. The molecule has 256 valence electrons. The fourth-order valence-corrected chi connectivity index (χ4v) is 10.9. The predicted molar refractivity (Wildman–Crippen MR) is 212 cm³/mol. The maximum absolute atomic E-state index is 6.56. The molecule has 6 aromatic heterocycles. The number of pyridine rings is 1. The molecule has 0 aliphatic rings. The Kier molecular flexibility index (Phi) is 9.35. The van der Waals surface area contributed by atoms with Gasteiger partial charge in [0.2, 0.25) is 0 Å². The van der Waals surface area contributed by atoms with Gasteiger partial charge in [0.1, 0.15) is 6.33 Å². The van der Waals surface area contributed by atoms with Crippen molar-refractivity contribution in [1.82, 2.24) is 15.0 Å². The molecular formula is C41H37N3OPtS4. The first kappa shape index (κ1) is 35.4. The zero-order valence-electron chi connectivity index (χ0n) is 29.3. The molecule has 2 aromatic carbocycles. The van der Waals surface area contributed by atoms with Gasteiger partial charge in [0.05, 0.1) is 5.52 Å². The van der Waals surface area contributed by atoms with Crippen LogP contribution >= 0.6 is 45.3 Å². The quantitative estimate of drug-likeness (QED) is 0.156. The first-order valence-electron chi connectivity index (χ1n) is 16.5. The Labute approximate surface area is 323 Å². The number of fused-ring (bicyclic) bond motifs is 6. The largest absolute Gasteiger partial charge is 2.00 e. The number of hydrogen-bond acceptors (Lipinski definition) is 8. The SMILES string of the molecule is Cc1sc(-c2nccc3c2sc2cc(CC(C)(C)C)ccc23)[c-]c1Oc1[c-]c(-c2ncnc3c2sc2cc(CC(C)(C)C)ccc23)sc1C.[Pt+2]. The average molecular weight is 911 g/mol. The van der Waals surface area contributed by atoms with Crippen molar-refractivity contribution in [2.45, 2.75) is 68.2 Å². The van der Waals surface area contributed by atoms with E-state index in [-0.39, 0.29) is 31.9 Å². The number of benzene rings is 2. The van der Waals surface area contributed by atoms with E-state index in [2.05, 4.69) is 110 Å². The van der Waals surface area contributed by atoms with Crippen LogP contribution < -0.4 is 4.74 Å². The van der Waals surface area contributed by atoms with E-state index in [0.717, 1.165) is 59.7 Å². The monoisotopic (exact) mass is 910 g/mol. The van der Waals surface area contributed by atoms with Crippen molar-refractivity contribution < 1.29 is 25.8 Å². The maximum Gasteiger partial charge on any atom is 2.00 e. The van der Waals surface area contributed by atoms with Gasteiger partial charge < -0.3 is 9.72 Å². The Balaban J connectivity index is 0.00000392. The topological polar surface area (TPSA) is 47.9 Å². The van der Waals surface area contributed by atoms with Gasteiger partial charge in [-0.25, -0.2) is 27.7 Å². The van der Waals surface area contributed by atoms with Crippen molar-refractivity contribution in [1.29, 1.82) is 0 Å². The van der Waals surface area contributed by atoms with E-state index < -0.39 is 0 Å². The van der Waals surface area contributed by atoms with Crippen LogP contribution in [0, 0.1) is 36.8 Å². The molecule has 0 saturated heterocycles. The van der Waals surface area contributed by atoms with Crippen LogP contribution in [0.4, 0.5) is 0 Å². The molecule has 50 heavy (non-hydrogen) atoms. The standard InChI is InChI=1S/C41H37N3OS4.Pt/c1-22-29(17-33(46-22)36-38-27(13-14-42-36)26-11-9-24(15-31(26)48-38)19-40(3,4)5)45-30-18-34(47-23(30)2)37-39-35(43-21-44-37)28-12-10-25(16-32(28)49-39)20-41(6,7)8;/h9-16,21H,19-20H2,1-8H3;/q-2;+2. The summed E-state index contributed by atoms with van der Waals surface area (Å²) in [7, 11) is 0. The summed E-state index contributed by atoms with van der Waals surface area (Å²) in [5, 5.41) is 3.70. The summed E-state index contributed by atoms with van der Waals surface area (Å²) in [6.45, 7) is 17.9. The van der Waals surface area contributed by atoms with Gasteiger partial charge in [-0.05, 0) is 69.5 Å². The number of aryl methyl sites for hydroxylation is 2. The summed E-state index contributed by atoms with van der Waals surface area (Å²) in [6, 6.07) is 22.9. The number of hydrogen-bond donors (Lipinski definition) is 0. The summed E-state index contributed by atoms with van der Waals surface area (Å²) in [5.41, 5.74) is 6.06. The van der Waals surface area contributed by atoms with Crippen molar-refractivity contribution in [3.63, 3.8) is 0 Å². The van der Waals surface area contributed by atoms with Crippen molar-refractivity contribution >= 4 is 85.8 Å². The number of ether oxygens (including phenoxy) is 1. The zero-order valence-corrected chi connectivity index (χ0v) is 34.8. The maximum atomic E-state index is 6.56. The van der Waals surface area contributed by atoms with Gasteiger partial charge in [0, 0.05) is 47.6 Å².